The monoisotopic (exact) mass is 306 g/mol. The van der Waals surface area contributed by atoms with Crippen LogP contribution >= 0.6 is 24.1 Å². The Balaban J connectivity index is 3.18. The molecule has 0 bridgehead atoms. The van der Waals surface area contributed by atoms with Crippen LogP contribution in [0, 0.1) is 23.3 Å². The van der Waals surface area contributed by atoms with Gasteiger partial charge in [0, 0.05) is 7.05 Å². The van der Waals surface area contributed by atoms with Crippen molar-refractivity contribution in [1.82, 2.24) is 5.48 Å². The van der Waals surface area contributed by atoms with E-state index in [2.05, 4.69) is 19.1 Å². The predicted octanol–water partition coefficient (Wildman–Crippen LogP) is 1.63. The van der Waals surface area contributed by atoms with Crippen LogP contribution in [-0.2, 0) is 13.7 Å². The number of hydrogen-bond acceptors (Lipinski definition) is 7. The predicted molar refractivity (Wildman–Crippen MR) is 50.3 cm³/mol. The number of nitrogens with one attached hydrogen (secondary N) is 1. The lowest BCUT2D eigenvalue weighted by Crippen LogP contribution is -2.06. The van der Waals surface area contributed by atoms with Crippen LogP contribution in [0.4, 0.5) is 17.6 Å². The molecule has 1 aromatic carbocycles. The first-order valence-electron chi connectivity index (χ1n) is 4.03. The molecule has 0 aliphatic rings. The quantitative estimate of drug-likeness (QED) is 0.282. The number of benzene rings is 1. The van der Waals surface area contributed by atoms with Crippen LogP contribution in [0.2, 0.25) is 0 Å². The molecule has 5 nitrogen and oxygen atoms in total. The molecule has 0 aliphatic carbocycles. The van der Waals surface area contributed by atoms with Gasteiger partial charge in [0.05, 0.1) is 24.1 Å². The molecule has 0 amide bonds. The van der Waals surface area contributed by atoms with E-state index >= 15 is 0 Å². The Kier molecular flexibility index (Phi) is 6.14. The maximum absolute atomic E-state index is 13.4. The van der Waals surface area contributed by atoms with Crippen molar-refractivity contribution < 1.29 is 36.5 Å². The first-order chi connectivity index (χ1) is 8.54. The van der Waals surface area contributed by atoms with Crippen LogP contribution in [0.15, 0.2) is 9.79 Å². The Labute approximate surface area is 107 Å². The average molecular weight is 306 g/mol. The van der Waals surface area contributed by atoms with Crippen molar-refractivity contribution in [2.75, 3.05) is 7.05 Å². The number of hydrogen-bond donors (Lipinski definition) is 1. The summed E-state index contributed by atoms with van der Waals surface area (Å²) in [6.45, 7) is 0. The summed E-state index contributed by atoms with van der Waals surface area (Å²) >= 11 is -0.246. The minimum absolute atomic E-state index is 0.0504. The van der Waals surface area contributed by atoms with E-state index in [0.29, 0.717) is 0 Å². The summed E-state index contributed by atoms with van der Waals surface area (Å²) in [5.74, 6) is -6.85. The lowest BCUT2D eigenvalue weighted by atomic mass is 10.3. The summed E-state index contributed by atoms with van der Waals surface area (Å²) in [7, 11) is 1.28. The van der Waals surface area contributed by atoms with E-state index in [1.54, 1.807) is 0 Å². The van der Waals surface area contributed by atoms with E-state index in [1.807, 2.05) is 0 Å². The summed E-state index contributed by atoms with van der Waals surface area (Å²) in [4.78, 5) is -2.21. The fraction of sp³-hybridized carbons (Fsp3) is 0.143. The van der Waals surface area contributed by atoms with Gasteiger partial charge in [-0.15, -0.1) is 0 Å². The fourth-order valence-electron chi connectivity index (χ4n) is 0.869. The number of hydroxylamine groups is 1. The van der Waals surface area contributed by atoms with E-state index in [1.165, 1.54) is 7.05 Å². The molecule has 0 aromatic heterocycles. The van der Waals surface area contributed by atoms with E-state index < -0.39 is 33.1 Å². The molecule has 0 spiro atoms. The van der Waals surface area contributed by atoms with Crippen molar-refractivity contribution in [3.05, 3.63) is 23.3 Å². The lowest BCUT2D eigenvalue weighted by molar-refractivity contribution is -0.777. The molecule has 0 heterocycles. The van der Waals surface area contributed by atoms with Gasteiger partial charge in [0.15, 0.2) is 23.3 Å². The van der Waals surface area contributed by atoms with E-state index in [9.17, 15) is 22.8 Å². The molecular weight excluding hydrogens is 302 g/mol. The topological polar surface area (TPSA) is 62.8 Å². The highest BCUT2D eigenvalue weighted by molar-refractivity contribution is 7.95. The summed E-state index contributed by atoms with van der Waals surface area (Å²) < 4.78 is 61.3. The van der Waals surface area contributed by atoms with Crippen LogP contribution in [0.3, 0.4) is 0 Å². The fourth-order valence-corrected chi connectivity index (χ4v) is 1.78. The Hall–Kier alpha value is -0.560. The van der Waals surface area contributed by atoms with Gasteiger partial charge in [-0.1, -0.05) is 0 Å². The Morgan fingerprint density at radius 2 is 1.39 bits per heavy atom. The van der Waals surface area contributed by atoms with Crippen LogP contribution in [0.25, 0.3) is 0 Å². The van der Waals surface area contributed by atoms with Gasteiger partial charge in [0.1, 0.15) is 9.79 Å². The summed E-state index contributed by atoms with van der Waals surface area (Å²) in [5, 5.41) is 12.3. The van der Waals surface area contributed by atoms with Crippen molar-refractivity contribution in [1.29, 1.82) is 0 Å². The SMILES string of the molecule is CNOSc1c(F)c(F)c(SOO[O-])c(F)c1F. The largest absolute Gasteiger partial charge is 0.691 e. The Morgan fingerprint density at radius 1 is 0.944 bits per heavy atom. The molecule has 0 atom stereocenters. The number of rotatable bonds is 6. The third-order valence-electron chi connectivity index (χ3n) is 1.54. The van der Waals surface area contributed by atoms with Crippen molar-refractivity contribution in [3.8, 4) is 0 Å². The maximum Gasteiger partial charge on any atom is 0.179 e. The van der Waals surface area contributed by atoms with E-state index in [0.717, 1.165) is 0 Å². The minimum Gasteiger partial charge on any atom is -0.691 e. The highest BCUT2D eigenvalue weighted by Crippen LogP contribution is 2.36. The van der Waals surface area contributed by atoms with Crippen molar-refractivity contribution >= 4 is 24.1 Å². The van der Waals surface area contributed by atoms with Crippen LogP contribution in [0.1, 0.15) is 0 Å². The molecule has 0 saturated carbocycles. The van der Waals surface area contributed by atoms with Crippen LogP contribution in [0.5, 0.6) is 0 Å². The zero-order valence-corrected chi connectivity index (χ0v) is 10.1. The summed E-state index contributed by atoms with van der Waals surface area (Å²) in [5.41, 5.74) is 2.05. The maximum atomic E-state index is 13.4. The third kappa shape index (κ3) is 3.26. The first kappa shape index (κ1) is 15.5. The Morgan fingerprint density at radius 3 is 1.78 bits per heavy atom. The molecule has 0 saturated heterocycles. The van der Waals surface area contributed by atoms with Gasteiger partial charge < -0.3 is 5.26 Å². The molecule has 1 rings (SSSR count). The zero-order valence-electron chi connectivity index (χ0n) is 8.46. The summed E-state index contributed by atoms with van der Waals surface area (Å²) in [6, 6.07) is 0. The minimum atomic E-state index is -1.74. The van der Waals surface area contributed by atoms with Gasteiger partial charge in [0.25, 0.3) is 0 Å². The Bertz CT molecular complexity index is 368. The second-order valence-corrected chi connectivity index (χ2v) is 3.96. The lowest BCUT2D eigenvalue weighted by Gasteiger charge is -2.10. The van der Waals surface area contributed by atoms with Gasteiger partial charge in [-0.3, -0.25) is 5.04 Å². The smallest absolute Gasteiger partial charge is 0.179 e. The highest BCUT2D eigenvalue weighted by atomic mass is 32.2. The van der Waals surface area contributed by atoms with E-state index in [4.69, 9.17) is 0 Å². The first-order valence-corrected chi connectivity index (χ1v) is 5.52. The van der Waals surface area contributed by atoms with Gasteiger partial charge in [0.2, 0.25) is 0 Å². The van der Waals surface area contributed by atoms with Crippen LogP contribution < -0.4 is 10.7 Å². The summed E-state index contributed by atoms with van der Waals surface area (Å²) in [6.07, 6.45) is 0. The molecule has 18 heavy (non-hydrogen) atoms. The standard InChI is InChI=1S/C7H5F4NO4S2/c1-12-14-17-6-2(8)4(10)7(18-16-15-13)5(11)3(6)9/h12-13H,1H3/p-1. The molecule has 1 N–H and O–H groups in total. The third-order valence-corrected chi connectivity index (χ3v) is 2.96. The van der Waals surface area contributed by atoms with Crippen LogP contribution in [-0.4, -0.2) is 7.05 Å². The zero-order chi connectivity index (χ0) is 13.7. The molecule has 102 valence electrons. The second kappa shape index (κ2) is 7.13. The van der Waals surface area contributed by atoms with Gasteiger partial charge >= 0.3 is 0 Å². The van der Waals surface area contributed by atoms with Crippen molar-refractivity contribution in [3.63, 3.8) is 0 Å². The molecule has 0 unspecified atom stereocenters. The molecule has 0 radical (unpaired) electrons. The highest BCUT2D eigenvalue weighted by Gasteiger charge is 2.27. The normalized spacial score (nSPS) is 11.0. The number of halogens is 4. The molecule has 1 aromatic rings. The molecular formula is C7H4F4NO4S2-. The van der Waals surface area contributed by atoms with Crippen molar-refractivity contribution in [2.24, 2.45) is 0 Å². The van der Waals surface area contributed by atoms with Gasteiger partial charge in [-0.25, -0.2) is 21.8 Å². The second-order valence-electron chi connectivity index (χ2n) is 2.50. The van der Waals surface area contributed by atoms with Gasteiger partial charge in [-0.05, 0) is 0 Å². The molecule has 11 heteroatoms. The molecule has 0 fully saturated rings. The molecule has 0 aliphatic heterocycles. The van der Waals surface area contributed by atoms with Crippen molar-refractivity contribution in [2.45, 2.75) is 9.79 Å². The van der Waals surface area contributed by atoms with E-state index in [-0.39, 0.29) is 24.1 Å². The van der Waals surface area contributed by atoms with Gasteiger partial charge in [-0.2, -0.15) is 9.81 Å². The average Bonchev–Trinajstić information content (AvgIpc) is 2.37.